The van der Waals surface area contributed by atoms with Gasteiger partial charge in [0, 0.05) is 19.6 Å². The van der Waals surface area contributed by atoms with E-state index in [1.807, 2.05) is 6.92 Å². The van der Waals surface area contributed by atoms with Gasteiger partial charge in [-0.2, -0.15) is 4.31 Å². The molecule has 0 unspecified atom stereocenters. The summed E-state index contributed by atoms with van der Waals surface area (Å²) in [6.45, 7) is 6.50. The lowest BCUT2D eigenvalue weighted by Crippen LogP contribution is -2.36. The Balaban J connectivity index is 1.95. The molecule has 0 aliphatic rings. The van der Waals surface area contributed by atoms with Crippen LogP contribution in [0.15, 0.2) is 53.4 Å². The van der Waals surface area contributed by atoms with E-state index in [0.29, 0.717) is 13.1 Å². The molecule has 0 bridgehead atoms. The number of carbonyl (C=O) groups is 1. The summed E-state index contributed by atoms with van der Waals surface area (Å²) in [5, 5.41) is 5.51. The first-order chi connectivity index (χ1) is 13.3. The molecule has 0 spiro atoms. The zero-order valence-electron chi connectivity index (χ0n) is 16.3. The second-order valence-electron chi connectivity index (χ2n) is 6.33. The van der Waals surface area contributed by atoms with Crippen molar-refractivity contribution in [3.63, 3.8) is 0 Å². The van der Waals surface area contributed by atoms with E-state index in [-0.39, 0.29) is 29.3 Å². The van der Waals surface area contributed by atoms with E-state index in [1.54, 1.807) is 50.2 Å². The van der Waals surface area contributed by atoms with E-state index < -0.39 is 10.0 Å². The zero-order chi connectivity index (χ0) is 20.7. The van der Waals surface area contributed by atoms with Gasteiger partial charge in [-0.1, -0.05) is 38.1 Å². The molecule has 2 rings (SSSR count). The third-order valence-electron chi connectivity index (χ3n) is 4.44. The molecular weight excluding hydrogens is 381 g/mol. The number of nitrogens with zero attached hydrogens (tertiary/aromatic N) is 1. The molecule has 6 nitrogen and oxygen atoms in total. The third-order valence-corrected chi connectivity index (χ3v) is 6.50. The van der Waals surface area contributed by atoms with E-state index in [4.69, 9.17) is 0 Å². The van der Waals surface area contributed by atoms with E-state index in [9.17, 15) is 17.6 Å². The molecule has 2 N–H and O–H groups in total. The van der Waals surface area contributed by atoms with E-state index in [1.165, 1.54) is 16.4 Å². The molecule has 28 heavy (non-hydrogen) atoms. The lowest BCUT2D eigenvalue weighted by Gasteiger charge is -2.19. The van der Waals surface area contributed by atoms with Crippen LogP contribution in [0.25, 0.3) is 0 Å². The van der Waals surface area contributed by atoms with Crippen molar-refractivity contribution >= 4 is 16.1 Å². The molecule has 2 aromatic carbocycles. The molecule has 1 atom stereocenters. The highest BCUT2D eigenvalue weighted by Crippen LogP contribution is 2.19. The Kier molecular flexibility index (Phi) is 7.53. The van der Waals surface area contributed by atoms with Crippen LogP contribution in [0.2, 0.25) is 0 Å². The summed E-state index contributed by atoms with van der Waals surface area (Å²) in [6.07, 6.45) is 0. The second kappa shape index (κ2) is 9.66. The van der Waals surface area contributed by atoms with Gasteiger partial charge in [-0.3, -0.25) is 0 Å². The minimum atomic E-state index is -3.50. The molecule has 152 valence electrons. The quantitative estimate of drug-likeness (QED) is 0.704. The number of urea groups is 1. The summed E-state index contributed by atoms with van der Waals surface area (Å²) in [7, 11) is -3.50. The standard InChI is InChI=1S/C20H26FN3O3S/c1-4-24(5-2)28(26,27)19-12-8-17(9-13-19)15(3)23-20(25)22-14-16-6-10-18(21)11-7-16/h6-13,15H,4-5,14H2,1-3H3,(H2,22,23,25)/t15-/m0/s1. The van der Waals surface area contributed by atoms with Crippen molar-refractivity contribution in [2.45, 2.75) is 38.3 Å². The van der Waals surface area contributed by atoms with Crippen LogP contribution < -0.4 is 10.6 Å². The highest BCUT2D eigenvalue weighted by atomic mass is 32.2. The molecule has 8 heteroatoms. The largest absolute Gasteiger partial charge is 0.334 e. The van der Waals surface area contributed by atoms with Gasteiger partial charge >= 0.3 is 6.03 Å². The Labute approximate surface area is 165 Å². The average Bonchev–Trinajstić information content (AvgIpc) is 2.68. The molecule has 0 aliphatic carbocycles. The fourth-order valence-corrected chi connectivity index (χ4v) is 4.21. The van der Waals surface area contributed by atoms with Crippen LogP contribution in [0.3, 0.4) is 0 Å². The monoisotopic (exact) mass is 407 g/mol. The lowest BCUT2D eigenvalue weighted by atomic mass is 10.1. The lowest BCUT2D eigenvalue weighted by molar-refractivity contribution is 0.237. The van der Waals surface area contributed by atoms with Crippen molar-refractivity contribution in [1.82, 2.24) is 14.9 Å². The fourth-order valence-electron chi connectivity index (χ4n) is 2.76. The van der Waals surface area contributed by atoms with Crippen molar-refractivity contribution in [3.05, 3.63) is 65.5 Å². The third kappa shape index (κ3) is 5.53. The van der Waals surface area contributed by atoms with Crippen molar-refractivity contribution in [2.75, 3.05) is 13.1 Å². The van der Waals surface area contributed by atoms with E-state index in [0.717, 1.165) is 11.1 Å². The molecule has 0 saturated carbocycles. The summed E-state index contributed by atoms with van der Waals surface area (Å²) >= 11 is 0. The number of carbonyl (C=O) groups excluding carboxylic acids is 1. The highest BCUT2D eigenvalue weighted by Gasteiger charge is 2.21. The first-order valence-electron chi connectivity index (χ1n) is 9.16. The number of rotatable bonds is 8. The van der Waals surface area contributed by atoms with Crippen LogP contribution in [0.5, 0.6) is 0 Å². The molecular formula is C20H26FN3O3S. The fraction of sp³-hybridized carbons (Fsp3) is 0.350. The van der Waals surface area contributed by atoms with Gasteiger partial charge in [-0.05, 0) is 42.3 Å². The Morgan fingerprint density at radius 1 is 1.04 bits per heavy atom. The van der Waals surface area contributed by atoms with Gasteiger partial charge in [-0.15, -0.1) is 0 Å². The van der Waals surface area contributed by atoms with Crippen LogP contribution in [0.1, 0.15) is 37.9 Å². The van der Waals surface area contributed by atoms with Gasteiger partial charge in [0.05, 0.1) is 10.9 Å². The number of nitrogens with one attached hydrogen (secondary N) is 2. The number of halogens is 1. The maximum Gasteiger partial charge on any atom is 0.315 e. The molecule has 0 radical (unpaired) electrons. The summed E-state index contributed by atoms with van der Waals surface area (Å²) in [5.41, 5.74) is 1.57. The number of hydrogen-bond donors (Lipinski definition) is 2. The number of sulfonamides is 1. The van der Waals surface area contributed by atoms with E-state index in [2.05, 4.69) is 10.6 Å². The minimum Gasteiger partial charge on any atom is -0.334 e. The molecule has 2 aromatic rings. The van der Waals surface area contributed by atoms with Crippen LogP contribution in [0.4, 0.5) is 9.18 Å². The van der Waals surface area contributed by atoms with Gasteiger partial charge in [0.2, 0.25) is 10.0 Å². The van der Waals surface area contributed by atoms with Crippen molar-refractivity contribution in [3.8, 4) is 0 Å². The minimum absolute atomic E-state index is 0.230. The Morgan fingerprint density at radius 3 is 2.14 bits per heavy atom. The SMILES string of the molecule is CCN(CC)S(=O)(=O)c1ccc([C@H](C)NC(=O)NCc2ccc(F)cc2)cc1. The summed E-state index contributed by atoms with van der Waals surface area (Å²) in [5.74, 6) is -0.326. The van der Waals surface area contributed by atoms with Crippen LogP contribution in [0, 0.1) is 5.82 Å². The molecule has 0 fully saturated rings. The second-order valence-corrected chi connectivity index (χ2v) is 8.27. The maximum atomic E-state index is 12.9. The Hall–Kier alpha value is -2.45. The van der Waals surface area contributed by atoms with Crippen LogP contribution >= 0.6 is 0 Å². The van der Waals surface area contributed by atoms with Gasteiger partial charge in [0.25, 0.3) is 0 Å². The maximum absolute atomic E-state index is 12.9. The highest BCUT2D eigenvalue weighted by molar-refractivity contribution is 7.89. The molecule has 0 saturated heterocycles. The molecule has 0 heterocycles. The topological polar surface area (TPSA) is 78.5 Å². The molecule has 0 aromatic heterocycles. The summed E-state index contributed by atoms with van der Waals surface area (Å²) in [6, 6.07) is 11.7. The predicted octanol–water partition coefficient (Wildman–Crippen LogP) is 3.42. The van der Waals surface area contributed by atoms with Crippen molar-refractivity contribution in [2.24, 2.45) is 0 Å². The molecule has 2 amide bonds. The first-order valence-corrected chi connectivity index (χ1v) is 10.6. The van der Waals surface area contributed by atoms with Gasteiger partial charge in [-0.25, -0.2) is 17.6 Å². The normalized spacial score (nSPS) is 12.6. The average molecular weight is 408 g/mol. The predicted molar refractivity (Wildman–Crippen MR) is 107 cm³/mol. The van der Waals surface area contributed by atoms with Gasteiger partial charge in [0.15, 0.2) is 0 Å². The number of amides is 2. The first kappa shape index (κ1) is 21.8. The van der Waals surface area contributed by atoms with Crippen molar-refractivity contribution < 1.29 is 17.6 Å². The smallest absolute Gasteiger partial charge is 0.315 e. The van der Waals surface area contributed by atoms with Crippen LogP contribution in [-0.2, 0) is 16.6 Å². The zero-order valence-corrected chi connectivity index (χ0v) is 17.1. The van der Waals surface area contributed by atoms with Gasteiger partial charge in [0.1, 0.15) is 5.82 Å². The van der Waals surface area contributed by atoms with Crippen molar-refractivity contribution in [1.29, 1.82) is 0 Å². The number of benzene rings is 2. The van der Waals surface area contributed by atoms with Gasteiger partial charge < -0.3 is 10.6 Å². The summed E-state index contributed by atoms with van der Waals surface area (Å²) in [4.78, 5) is 12.3. The summed E-state index contributed by atoms with van der Waals surface area (Å²) < 4.78 is 39.3. The van der Waals surface area contributed by atoms with E-state index >= 15 is 0 Å². The Morgan fingerprint density at radius 2 is 1.61 bits per heavy atom. The van der Waals surface area contributed by atoms with Crippen LogP contribution in [-0.4, -0.2) is 31.8 Å². The Bertz CT molecular complexity index is 880. The molecule has 0 aliphatic heterocycles. The number of hydrogen-bond acceptors (Lipinski definition) is 3.